The Morgan fingerprint density at radius 2 is 2.00 bits per heavy atom. The maximum atomic E-state index is 12.6. The third-order valence-corrected chi connectivity index (χ3v) is 6.04. The molecule has 1 aromatic heterocycles. The molecule has 6 nitrogen and oxygen atoms in total. The Morgan fingerprint density at radius 1 is 1.35 bits per heavy atom. The Balaban J connectivity index is 2.02. The highest BCUT2D eigenvalue weighted by molar-refractivity contribution is 7.99. The van der Waals surface area contributed by atoms with Gasteiger partial charge in [0.15, 0.2) is 0 Å². The van der Waals surface area contributed by atoms with Crippen LogP contribution in [-0.2, 0) is 4.74 Å². The Kier molecular flexibility index (Phi) is 6.55. The predicted molar refractivity (Wildman–Crippen MR) is 106 cm³/mol. The summed E-state index contributed by atoms with van der Waals surface area (Å²) in [6.45, 7) is 10.4. The van der Waals surface area contributed by atoms with Crippen molar-refractivity contribution in [1.82, 2.24) is 15.2 Å². The minimum Gasteiger partial charge on any atom is -0.444 e. The van der Waals surface area contributed by atoms with E-state index in [2.05, 4.69) is 10.3 Å². The molecule has 2 atom stereocenters. The number of rotatable bonds is 3. The van der Waals surface area contributed by atoms with Crippen LogP contribution in [0.5, 0.6) is 0 Å². The zero-order valence-electron chi connectivity index (χ0n) is 16.2. The van der Waals surface area contributed by atoms with E-state index in [1.807, 2.05) is 40.9 Å². The van der Waals surface area contributed by atoms with Crippen LogP contribution in [-0.4, -0.2) is 58.1 Å². The number of likely N-dealkylation sites (tertiary alicyclic amines) is 1. The molecule has 146 valence electrons. The number of ether oxygens (including phenoxy) is 1. The number of halogens is 1. The molecule has 2 heterocycles. The second kappa shape index (κ2) is 8.13. The number of aromatic amines is 1. The maximum Gasteiger partial charge on any atom is 0.410 e. The first kappa shape index (κ1) is 21.0. The molecule has 0 unspecified atom stereocenters. The Labute approximate surface area is 164 Å². The van der Waals surface area contributed by atoms with Crippen molar-refractivity contribution in [3.63, 3.8) is 0 Å². The minimum absolute atomic E-state index is 0.0313. The first-order chi connectivity index (χ1) is 12.0. The summed E-state index contributed by atoms with van der Waals surface area (Å²) in [4.78, 5) is 29.7. The molecule has 1 aliphatic heterocycles. The van der Waals surface area contributed by atoms with Crippen molar-refractivity contribution >= 4 is 35.4 Å². The summed E-state index contributed by atoms with van der Waals surface area (Å²) in [6, 6.07) is -0.0313. The van der Waals surface area contributed by atoms with Gasteiger partial charge < -0.3 is 19.9 Å². The number of carbonyl (C=O) groups is 2. The molecule has 1 aromatic rings. The molecule has 1 saturated heterocycles. The second-order valence-electron chi connectivity index (χ2n) is 7.63. The number of aryl methyl sites for hydroxylation is 1. The fourth-order valence-corrected chi connectivity index (χ4v) is 4.03. The number of amides is 2. The molecule has 26 heavy (non-hydrogen) atoms. The molecule has 1 aliphatic rings. The van der Waals surface area contributed by atoms with Gasteiger partial charge in [-0.05, 0) is 52.9 Å². The lowest BCUT2D eigenvalue weighted by atomic mass is 10.0. The van der Waals surface area contributed by atoms with Gasteiger partial charge in [0.05, 0.1) is 5.02 Å². The van der Waals surface area contributed by atoms with Crippen LogP contribution in [0.1, 0.15) is 48.9 Å². The third kappa shape index (κ3) is 4.88. The summed E-state index contributed by atoms with van der Waals surface area (Å²) in [7, 11) is 0. The van der Waals surface area contributed by atoms with Crippen molar-refractivity contribution in [2.45, 2.75) is 57.9 Å². The van der Waals surface area contributed by atoms with Gasteiger partial charge in [-0.25, -0.2) is 4.79 Å². The molecule has 2 rings (SSSR count). The van der Waals surface area contributed by atoms with Crippen LogP contribution >= 0.6 is 23.4 Å². The van der Waals surface area contributed by atoms with Gasteiger partial charge in [0.2, 0.25) is 0 Å². The number of hydrogen-bond donors (Lipinski definition) is 2. The van der Waals surface area contributed by atoms with Crippen molar-refractivity contribution in [3.8, 4) is 0 Å². The number of nitrogens with one attached hydrogen (secondary N) is 2. The average molecular weight is 402 g/mol. The van der Waals surface area contributed by atoms with Crippen LogP contribution in [0.4, 0.5) is 4.79 Å². The molecule has 0 spiro atoms. The smallest absolute Gasteiger partial charge is 0.410 e. The molecular weight excluding hydrogens is 374 g/mol. The largest absolute Gasteiger partial charge is 0.444 e. The number of H-pyrrole nitrogens is 1. The summed E-state index contributed by atoms with van der Waals surface area (Å²) >= 11 is 7.89. The van der Waals surface area contributed by atoms with E-state index in [1.54, 1.807) is 16.7 Å². The number of piperidine rings is 1. The van der Waals surface area contributed by atoms with Gasteiger partial charge in [0.1, 0.15) is 11.3 Å². The molecule has 2 N–H and O–H groups in total. The second-order valence-corrected chi connectivity index (χ2v) is 9.09. The van der Waals surface area contributed by atoms with Crippen LogP contribution in [0.3, 0.4) is 0 Å². The fraction of sp³-hybridized carbons (Fsp3) is 0.667. The van der Waals surface area contributed by atoms with Gasteiger partial charge in [0.25, 0.3) is 5.91 Å². The van der Waals surface area contributed by atoms with Crippen LogP contribution in [0.25, 0.3) is 0 Å². The summed E-state index contributed by atoms with van der Waals surface area (Å²) in [5, 5.41) is 3.63. The number of thioether (sulfide) groups is 1. The number of carbonyl (C=O) groups excluding carboxylic acids is 2. The van der Waals surface area contributed by atoms with Crippen molar-refractivity contribution < 1.29 is 14.3 Å². The van der Waals surface area contributed by atoms with Crippen molar-refractivity contribution in [1.29, 1.82) is 0 Å². The van der Waals surface area contributed by atoms with E-state index in [9.17, 15) is 9.59 Å². The topological polar surface area (TPSA) is 74.4 Å². The van der Waals surface area contributed by atoms with Gasteiger partial charge >= 0.3 is 6.09 Å². The highest BCUT2D eigenvalue weighted by Crippen LogP contribution is 2.26. The highest BCUT2D eigenvalue weighted by Gasteiger charge is 2.34. The first-order valence-electron chi connectivity index (χ1n) is 8.69. The molecule has 0 radical (unpaired) electrons. The number of hydrogen-bond acceptors (Lipinski definition) is 4. The van der Waals surface area contributed by atoms with E-state index in [4.69, 9.17) is 16.3 Å². The van der Waals surface area contributed by atoms with E-state index in [0.29, 0.717) is 30.2 Å². The van der Waals surface area contributed by atoms with Crippen LogP contribution < -0.4 is 5.32 Å². The summed E-state index contributed by atoms with van der Waals surface area (Å²) in [5.74, 6) is -0.207. The zero-order valence-corrected chi connectivity index (χ0v) is 17.8. The highest BCUT2D eigenvalue weighted by atomic mass is 35.5. The van der Waals surface area contributed by atoms with E-state index < -0.39 is 5.60 Å². The lowest BCUT2D eigenvalue weighted by Gasteiger charge is -2.38. The summed E-state index contributed by atoms with van der Waals surface area (Å²) < 4.78 is 5.46. The van der Waals surface area contributed by atoms with Crippen molar-refractivity contribution in [2.24, 2.45) is 0 Å². The Morgan fingerprint density at radius 3 is 2.50 bits per heavy atom. The Bertz CT molecular complexity index is 684. The SMILES string of the molecule is CS[C@H]1CN(C(=O)OC(C)(C)C)CC[C@H]1NC(=O)c1[nH]c(C)c(C)c1Cl. The summed E-state index contributed by atoms with van der Waals surface area (Å²) in [5.41, 5.74) is 1.66. The monoisotopic (exact) mass is 401 g/mol. The third-order valence-electron chi connectivity index (χ3n) is 4.48. The van der Waals surface area contributed by atoms with Gasteiger partial charge in [-0.15, -0.1) is 0 Å². The molecule has 1 fully saturated rings. The molecule has 0 aliphatic carbocycles. The first-order valence-corrected chi connectivity index (χ1v) is 10.4. The van der Waals surface area contributed by atoms with Crippen molar-refractivity contribution in [2.75, 3.05) is 19.3 Å². The van der Waals surface area contributed by atoms with E-state index in [0.717, 1.165) is 11.3 Å². The lowest BCUT2D eigenvalue weighted by molar-refractivity contribution is 0.0205. The maximum absolute atomic E-state index is 12.6. The van der Waals surface area contributed by atoms with E-state index in [-0.39, 0.29) is 23.3 Å². The van der Waals surface area contributed by atoms with Crippen LogP contribution in [0.15, 0.2) is 0 Å². The molecule has 0 bridgehead atoms. The summed E-state index contributed by atoms with van der Waals surface area (Å²) in [6.07, 6.45) is 2.35. The molecule has 8 heteroatoms. The molecule has 2 amide bonds. The number of nitrogens with zero attached hydrogens (tertiary/aromatic N) is 1. The van der Waals surface area contributed by atoms with E-state index >= 15 is 0 Å². The van der Waals surface area contributed by atoms with Crippen LogP contribution in [0.2, 0.25) is 5.02 Å². The lowest BCUT2D eigenvalue weighted by Crippen LogP contribution is -2.54. The minimum atomic E-state index is -0.517. The van der Waals surface area contributed by atoms with Crippen molar-refractivity contribution in [3.05, 3.63) is 22.0 Å². The van der Waals surface area contributed by atoms with Gasteiger partial charge in [-0.2, -0.15) is 11.8 Å². The molecule has 0 saturated carbocycles. The number of aromatic nitrogens is 1. The zero-order chi connectivity index (χ0) is 19.6. The Hall–Kier alpha value is -1.34. The average Bonchev–Trinajstić information content (AvgIpc) is 2.81. The molecular formula is C18H28ClN3O3S. The van der Waals surface area contributed by atoms with Gasteiger partial charge in [-0.1, -0.05) is 11.6 Å². The quantitative estimate of drug-likeness (QED) is 0.808. The van der Waals surface area contributed by atoms with Crippen LogP contribution in [0, 0.1) is 13.8 Å². The van der Waals surface area contributed by atoms with Gasteiger partial charge in [0, 0.05) is 30.1 Å². The van der Waals surface area contributed by atoms with Gasteiger partial charge in [-0.3, -0.25) is 4.79 Å². The fourth-order valence-electron chi connectivity index (χ4n) is 2.90. The predicted octanol–water partition coefficient (Wildman–Crippen LogP) is 3.76. The standard InChI is InChI=1S/C18H28ClN3O3S/c1-10-11(2)20-15(14(10)19)16(23)21-12-7-8-22(9-13(12)26-6)17(24)25-18(3,4)5/h12-13,20H,7-9H2,1-6H3,(H,21,23)/t12-,13+/m1/s1. The van der Waals surface area contributed by atoms with E-state index in [1.165, 1.54) is 0 Å². The normalized spacial score (nSPS) is 20.8. The molecule has 0 aromatic carbocycles.